The van der Waals surface area contributed by atoms with Gasteiger partial charge in [-0.1, -0.05) is 6.07 Å². The van der Waals surface area contributed by atoms with Crippen molar-refractivity contribution in [1.29, 1.82) is 0 Å². The number of anilines is 2. The number of nitrogens with zero attached hydrogens (tertiary/aromatic N) is 2. The first-order valence-corrected chi connectivity index (χ1v) is 8.91. The van der Waals surface area contributed by atoms with Crippen LogP contribution in [-0.2, 0) is 4.79 Å². The first-order valence-electron chi connectivity index (χ1n) is 8.91. The maximum Gasteiger partial charge on any atom is 0.248 e. The molecule has 27 heavy (non-hydrogen) atoms. The summed E-state index contributed by atoms with van der Waals surface area (Å²) in [6, 6.07) is 9.48. The molecule has 0 radical (unpaired) electrons. The van der Waals surface area contributed by atoms with Crippen molar-refractivity contribution < 1.29 is 13.6 Å². The smallest absolute Gasteiger partial charge is 0.248 e. The summed E-state index contributed by atoms with van der Waals surface area (Å²) in [5.74, 6) is -1.84. The molecule has 1 saturated heterocycles. The molecule has 1 aliphatic rings. The molecule has 1 fully saturated rings. The molecule has 4 nitrogen and oxygen atoms in total. The van der Waals surface area contributed by atoms with E-state index in [1.807, 2.05) is 25.1 Å². The van der Waals surface area contributed by atoms with Gasteiger partial charge in [0.25, 0.3) is 0 Å². The van der Waals surface area contributed by atoms with Crippen molar-refractivity contribution in [1.82, 2.24) is 4.90 Å². The van der Waals surface area contributed by atoms with Crippen LogP contribution in [0.15, 0.2) is 42.5 Å². The summed E-state index contributed by atoms with van der Waals surface area (Å²) in [6.07, 6.45) is 2.28. The van der Waals surface area contributed by atoms with Crippen LogP contribution in [0.1, 0.15) is 11.1 Å². The van der Waals surface area contributed by atoms with Crippen molar-refractivity contribution in [2.24, 2.45) is 0 Å². The maximum absolute atomic E-state index is 13.6. The Balaban J connectivity index is 1.67. The third-order valence-corrected chi connectivity index (χ3v) is 4.74. The Bertz CT molecular complexity index is 838. The number of nitrogens with one attached hydrogen (secondary N) is 1. The third-order valence-electron chi connectivity index (χ3n) is 4.74. The average Bonchev–Trinajstić information content (AvgIpc) is 2.63. The van der Waals surface area contributed by atoms with E-state index in [4.69, 9.17) is 0 Å². The van der Waals surface area contributed by atoms with E-state index in [-0.39, 0.29) is 5.56 Å². The molecular weight excluding hydrogens is 348 g/mol. The second-order valence-electron chi connectivity index (χ2n) is 6.75. The monoisotopic (exact) mass is 371 g/mol. The van der Waals surface area contributed by atoms with Gasteiger partial charge in [-0.05, 0) is 55.9 Å². The topological polar surface area (TPSA) is 35.6 Å². The molecule has 1 heterocycles. The Hall–Kier alpha value is -2.73. The number of benzene rings is 2. The molecule has 0 saturated carbocycles. The summed E-state index contributed by atoms with van der Waals surface area (Å²) in [7, 11) is 2.11. The highest BCUT2D eigenvalue weighted by Crippen LogP contribution is 2.24. The number of carbonyl (C=O) groups excluding carboxylic acids is 1. The fraction of sp³-hybridized carbons (Fsp3) is 0.286. The lowest BCUT2D eigenvalue weighted by atomic mass is 10.1. The minimum Gasteiger partial charge on any atom is -0.369 e. The number of hydrogen-bond acceptors (Lipinski definition) is 3. The minimum atomic E-state index is -0.702. The molecule has 0 atom stereocenters. The summed E-state index contributed by atoms with van der Waals surface area (Å²) < 4.78 is 27.2. The largest absolute Gasteiger partial charge is 0.369 e. The Kier molecular flexibility index (Phi) is 5.86. The molecule has 0 unspecified atom stereocenters. The molecule has 2 aromatic rings. The van der Waals surface area contributed by atoms with E-state index in [1.54, 1.807) is 0 Å². The Morgan fingerprint density at radius 3 is 2.37 bits per heavy atom. The molecule has 3 rings (SSSR count). The highest BCUT2D eigenvalue weighted by molar-refractivity contribution is 6.02. The lowest BCUT2D eigenvalue weighted by Crippen LogP contribution is -2.44. The Morgan fingerprint density at radius 1 is 1.07 bits per heavy atom. The van der Waals surface area contributed by atoms with Crippen LogP contribution in [0.2, 0.25) is 0 Å². The van der Waals surface area contributed by atoms with Crippen LogP contribution in [0, 0.1) is 18.6 Å². The van der Waals surface area contributed by atoms with Crippen LogP contribution in [0.5, 0.6) is 0 Å². The van der Waals surface area contributed by atoms with E-state index in [1.165, 1.54) is 6.07 Å². The average molecular weight is 371 g/mol. The number of aryl methyl sites for hydroxylation is 1. The predicted molar refractivity (Wildman–Crippen MR) is 105 cm³/mol. The third kappa shape index (κ3) is 4.71. The lowest BCUT2D eigenvalue weighted by molar-refractivity contribution is -0.111. The van der Waals surface area contributed by atoms with E-state index in [0.29, 0.717) is 5.69 Å². The standard InChI is InChI=1S/C21H23F2N3O/c1-15-14-16(26-12-10-25(2)11-13-26)6-8-20(15)24-21(27)9-7-17-18(22)4-3-5-19(17)23/h3-9,14H,10-13H2,1-2H3,(H,24,27). The van der Waals surface area contributed by atoms with Crippen molar-refractivity contribution in [3.63, 3.8) is 0 Å². The van der Waals surface area contributed by atoms with Gasteiger partial charge in [-0.25, -0.2) is 8.78 Å². The van der Waals surface area contributed by atoms with Gasteiger partial charge in [-0.2, -0.15) is 0 Å². The number of piperazine rings is 1. The molecule has 0 aliphatic carbocycles. The van der Waals surface area contributed by atoms with E-state index >= 15 is 0 Å². The number of likely N-dealkylation sites (N-methyl/N-ethyl adjacent to an activating group) is 1. The first-order chi connectivity index (χ1) is 12.9. The second kappa shape index (κ2) is 8.31. The number of carbonyl (C=O) groups is 1. The highest BCUT2D eigenvalue weighted by atomic mass is 19.1. The zero-order valence-electron chi connectivity index (χ0n) is 15.5. The van der Waals surface area contributed by atoms with E-state index in [2.05, 4.69) is 22.2 Å². The van der Waals surface area contributed by atoms with E-state index < -0.39 is 17.5 Å². The minimum absolute atomic E-state index is 0.227. The second-order valence-corrected chi connectivity index (χ2v) is 6.75. The molecule has 1 N–H and O–H groups in total. The number of amides is 1. The zero-order valence-corrected chi connectivity index (χ0v) is 15.5. The van der Waals surface area contributed by atoms with Crippen molar-refractivity contribution in [3.8, 4) is 0 Å². The molecular formula is C21H23F2N3O. The van der Waals surface area contributed by atoms with Crippen LogP contribution in [0.3, 0.4) is 0 Å². The summed E-state index contributed by atoms with van der Waals surface area (Å²) in [5, 5.41) is 2.76. The van der Waals surface area contributed by atoms with Gasteiger partial charge in [0.1, 0.15) is 11.6 Å². The van der Waals surface area contributed by atoms with Crippen molar-refractivity contribution in [2.45, 2.75) is 6.92 Å². The molecule has 0 bridgehead atoms. The quantitative estimate of drug-likeness (QED) is 0.833. The maximum atomic E-state index is 13.6. The summed E-state index contributed by atoms with van der Waals surface area (Å²) in [6.45, 7) is 5.91. The van der Waals surface area contributed by atoms with Gasteiger partial charge >= 0.3 is 0 Å². The highest BCUT2D eigenvalue weighted by Gasteiger charge is 2.15. The van der Waals surface area contributed by atoms with Crippen LogP contribution in [0.4, 0.5) is 20.2 Å². The Labute approximate surface area is 158 Å². The molecule has 142 valence electrons. The van der Waals surface area contributed by atoms with Crippen LogP contribution >= 0.6 is 0 Å². The molecule has 0 aromatic heterocycles. The first kappa shape index (κ1) is 19.0. The van der Waals surface area contributed by atoms with Gasteiger partial charge in [-0.15, -0.1) is 0 Å². The van der Waals surface area contributed by atoms with E-state index in [9.17, 15) is 13.6 Å². The number of hydrogen-bond donors (Lipinski definition) is 1. The van der Waals surface area contributed by atoms with Crippen LogP contribution in [-0.4, -0.2) is 44.0 Å². The fourth-order valence-corrected chi connectivity index (χ4v) is 3.05. The normalized spacial score (nSPS) is 15.3. The van der Waals surface area contributed by atoms with Gasteiger partial charge in [0.15, 0.2) is 0 Å². The summed E-state index contributed by atoms with van der Waals surface area (Å²) in [4.78, 5) is 16.7. The molecule has 1 aliphatic heterocycles. The van der Waals surface area contributed by atoms with Crippen molar-refractivity contribution in [2.75, 3.05) is 43.4 Å². The van der Waals surface area contributed by atoms with Gasteiger partial charge < -0.3 is 15.1 Å². The van der Waals surface area contributed by atoms with E-state index in [0.717, 1.165) is 61.7 Å². The summed E-state index contributed by atoms with van der Waals surface area (Å²) >= 11 is 0. The molecule has 0 spiro atoms. The van der Waals surface area contributed by atoms with Crippen molar-refractivity contribution in [3.05, 3.63) is 65.2 Å². The summed E-state index contributed by atoms with van der Waals surface area (Å²) in [5.41, 5.74) is 2.51. The predicted octanol–water partition coefficient (Wildman–Crippen LogP) is 3.68. The molecule has 6 heteroatoms. The van der Waals surface area contributed by atoms with Crippen molar-refractivity contribution >= 4 is 23.4 Å². The fourth-order valence-electron chi connectivity index (χ4n) is 3.05. The number of halogens is 2. The SMILES string of the molecule is Cc1cc(N2CCN(C)CC2)ccc1NC(=O)C=Cc1c(F)cccc1F. The molecule has 2 aromatic carbocycles. The van der Waals surface area contributed by atoms with Gasteiger partial charge in [0.05, 0.1) is 0 Å². The lowest BCUT2D eigenvalue weighted by Gasteiger charge is -2.34. The molecule has 1 amide bonds. The van der Waals surface area contributed by atoms with Crippen LogP contribution < -0.4 is 10.2 Å². The van der Waals surface area contributed by atoms with Gasteiger partial charge in [-0.3, -0.25) is 4.79 Å². The van der Waals surface area contributed by atoms with Gasteiger partial charge in [0, 0.05) is 49.2 Å². The Morgan fingerprint density at radius 2 is 1.74 bits per heavy atom. The number of rotatable bonds is 4. The van der Waals surface area contributed by atoms with Gasteiger partial charge in [0.2, 0.25) is 5.91 Å². The van der Waals surface area contributed by atoms with Crippen LogP contribution in [0.25, 0.3) is 6.08 Å². The zero-order chi connectivity index (χ0) is 19.4.